The van der Waals surface area contributed by atoms with Gasteiger partial charge < -0.3 is 9.80 Å². The molecule has 0 aromatic rings. The molecule has 2 rings (SSSR count). The number of likely N-dealkylation sites (N-methyl/N-ethyl adjacent to an activating group) is 1. The van der Waals surface area contributed by atoms with E-state index in [4.69, 9.17) is 0 Å². The summed E-state index contributed by atoms with van der Waals surface area (Å²) in [7, 11) is 0.802. The Morgan fingerprint density at radius 2 is 1.64 bits per heavy atom. The summed E-state index contributed by atoms with van der Waals surface area (Å²) in [6.45, 7) is 7.17. The van der Waals surface area contributed by atoms with Crippen LogP contribution in [-0.4, -0.2) is 81.4 Å². The molecule has 22 heavy (non-hydrogen) atoms. The topological polar surface area (TPSA) is 55.9 Å². The van der Waals surface area contributed by atoms with Crippen molar-refractivity contribution in [2.24, 2.45) is 0 Å². The van der Waals surface area contributed by atoms with Crippen LogP contribution in [0.1, 0.15) is 39.0 Å². The monoisotopic (exact) mass is 332 g/mol. The van der Waals surface area contributed by atoms with E-state index >= 15 is 0 Å². The van der Waals surface area contributed by atoms with E-state index in [1.54, 1.807) is 4.31 Å². The molecule has 6 nitrogen and oxygen atoms in total. The molecule has 0 radical (unpaired) electrons. The fourth-order valence-electron chi connectivity index (χ4n) is 3.49. The zero-order chi connectivity index (χ0) is 16.2. The number of nitrogens with one attached hydrogen (secondary N) is 1. The Hall–Kier alpha value is -0.210. The summed E-state index contributed by atoms with van der Waals surface area (Å²) in [5, 5.41) is 0. The highest BCUT2D eigenvalue weighted by molar-refractivity contribution is 7.87. The lowest BCUT2D eigenvalue weighted by molar-refractivity contribution is 0.0620. The molecule has 2 aliphatic rings. The summed E-state index contributed by atoms with van der Waals surface area (Å²) in [4.78, 5) is 4.64. The fraction of sp³-hybridized carbons (Fsp3) is 1.00. The largest absolute Gasteiger partial charge is 0.303 e. The van der Waals surface area contributed by atoms with Gasteiger partial charge in [-0.3, -0.25) is 0 Å². The lowest BCUT2D eigenvalue weighted by Crippen LogP contribution is -2.59. The van der Waals surface area contributed by atoms with E-state index in [1.165, 1.54) is 0 Å². The predicted molar refractivity (Wildman–Crippen MR) is 90.1 cm³/mol. The predicted octanol–water partition coefficient (Wildman–Crippen LogP) is 0.723. The van der Waals surface area contributed by atoms with Gasteiger partial charge in [-0.1, -0.05) is 13.3 Å². The van der Waals surface area contributed by atoms with Gasteiger partial charge in [0, 0.05) is 25.2 Å². The van der Waals surface area contributed by atoms with Gasteiger partial charge in [-0.2, -0.15) is 12.7 Å². The van der Waals surface area contributed by atoms with Gasteiger partial charge in [-0.15, -0.1) is 0 Å². The Morgan fingerprint density at radius 3 is 2.14 bits per heavy atom. The average Bonchev–Trinajstić information content (AvgIpc) is 2.54. The SMILES string of the molecule is CCN1CCC(CNS(=O)(=O)N2CCCCC2)(N(C)C)CC1. The van der Waals surface area contributed by atoms with Crippen molar-refractivity contribution in [3.63, 3.8) is 0 Å². The van der Waals surface area contributed by atoms with Gasteiger partial charge >= 0.3 is 0 Å². The van der Waals surface area contributed by atoms with Crippen LogP contribution in [0, 0.1) is 0 Å². The Bertz CT molecular complexity index is 438. The van der Waals surface area contributed by atoms with Crippen LogP contribution in [0.25, 0.3) is 0 Å². The minimum atomic E-state index is -3.33. The second kappa shape index (κ2) is 7.57. The van der Waals surface area contributed by atoms with Crippen LogP contribution in [0.3, 0.4) is 0 Å². The van der Waals surface area contributed by atoms with E-state index in [2.05, 4.69) is 35.5 Å². The molecular formula is C15H32N4O2S. The molecular weight excluding hydrogens is 300 g/mol. The van der Waals surface area contributed by atoms with E-state index in [1.807, 2.05) is 0 Å². The van der Waals surface area contributed by atoms with Crippen molar-refractivity contribution in [3.05, 3.63) is 0 Å². The number of likely N-dealkylation sites (tertiary alicyclic amines) is 1. The third-order valence-electron chi connectivity index (χ3n) is 5.42. The molecule has 2 fully saturated rings. The summed E-state index contributed by atoms with van der Waals surface area (Å²) >= 11 is 0. The van der Waals surface area contributed by atoms with Gasteiger partial charge in [-0.25, -0.2) is 4.72 Å². The summed E-state index contributed by atoms with van der Waals surface area (Å²) in [5.74, 6) is 0. The van der Waals surface area contributed by atoms with Crippen molar-refractivity contribution in [3.8, 4) is 0 Å². The third kappa shape index (κ3) is 4.20. The molecule has 0 atom stereocenters. The molecule has 1 N–H and O–H groups in total. The van der Waals surface area contributed by atoms with Crippen molar-refractivity contribution in [1.82, 2.24) is 18.8 Å². The zero-order valence-corrected chi connectivity index (χ0v) is 15.2. The van der Waals surface area contributed by atoms with Crippen molar-refractivity contribution < 1.29 is 8.42 Å². The summed E-state index contributed by atoms with van der Waals surface area (Å²) < 4.78 is 29.5. The normalized spacial score (nSPS) is 24.7. The lowest BCUT2D eigenvalue weighted by atomic mass is 9.86. The van der Waals surface area contributed by atoms with Crippen molar-refractivity contribution in [1.29, 1.82) is 0 Å². The molecule has 0 aliphatic carbocycles. The highest BCUT2D eigenvalue weighted by atomic mass is 32.2. The summed E-state index contributed by atoms with van der Waals surface area (Å²) in [5.41, 5.74) is -0.0610. The first-order valence-electron chi connectivity index (χ1n) is 8.54. The molecule has 2 aliphatic heterocycles. The van der Waals surface area contributed by atoms with Gasteiger partial charge in [0.1, 0.15) is 0 Å². The number of hydrogen-bond acceptors (Lipinski definition) is 4. The minimum absolute atomic E-state index is 0.0610. The number of rotatable bonds is 6. The smallest absolute Gasteiger partial charge is 0.279 e. The Kier molecular flexibility index (Phi) is 6.24. The molecule has 0 bridgehead atoms. The summed E-state index contributed by atoms with van der Waals surface area (Å²) in [6.07, 6.45) is 5.11. The van der Waals surface area contributed by atoms with Crippen LogP contribution >= 0.6 is 0 Å². The van der Waals surface area contributed by atoms with Crippen LogP contribution in [-0.2, 0) is 10.2 Å². The van der Waals surface area contributed by atoms with E-state index < -0.39 is 10.2 Å². The van der Waals surface area contributed by atoms with Gasteiger partial charge in [-0.05, 0) is 59.4 Å². The van der Waals surface area contributed by atoms with E-state index in [9.17, 15) is 8.42 Å². The van der Waals surface area contributed by atoms with Crippen LogP contribution < -0.4 is 4.72 Å². The number of nitrogens with zero attached hydrogens (tertiary/aromatic N) is 3. The fourth-order valence-corrected chi connectivity index (χ4v) is 4.86. The third-order valence-corrected chi connectivity index (χ3v) is 6.98. The molecule has 0 spiro atoms. The van der Waals surface area contributed by atoms with Gasteiger partial charge in [0.05, 0.1) is 0 Å². The molecule has 0 aromatic carbocycles. The standard InChI is InChI=1S/C15H32N4O2S/c1-4-18-12-8-15(9-13-18,17(2)3)14-16-22(20,21)19-10-6-5-7-11-19/h16H,4-14H2,1-3H3. The first-order valence-corrected chi connectivity index (χ1v) is 9.98. The molecule has 0 saturated carbocycles. The molecule has 2 heterocycles. The van der Waals surface area contributed by atoms with Crippen molar-refractivity contribution in [2.45, 2.75) is 44.6 Å². The van der Waals surface area contributed by atoms with E-state index in [0.717, 1.165) is 51.7 Å². The molecule has 0 amide bonds. The van der Waals surface area contributed by atoms with E-state index in [-0.39, 0.29) is 5.54 Å². The van der Waals surface area contributed by atoms with E-state index in [0.29, 0.717) is 19.6 Å². The highest BCUT2D eigenvalue weighted by Crippen LogP contribution is 2.27. The first kappa shape index (κ1) is 18.1. The maximum Gasteiger partial charge on any atom is 0.279 e. The maximum atomic E-state index is 12.5. The second-order valence-electron chi connectivity index (χ2n) is 6.84. The minimum Gasteiger partial charge on any atom is -0.303 e. The van der Waals surface area contributed by atoms with Crippen LogP contribution in [0.4, 0.5) is 0 Å². The molecule has 0 aromatic heterocycles. The lowest BCUT2D eigenvalue weighted by Gasteiger charge is -2.46. The molecule has 130 valence electrons. The number of piperidine rings is 2. The van der Waals surface area contributed by atoms with Crippen molar-refractivity contribution in [2.75, 3.05) is 53.4 Å². The van der Waals surface area contributed by atoms with Crippen LogP contribution in [0.2, 0.25) is 0 Å². The Morgan fingerprint density at radius 1 is 1.05 bits per heavy atom. The Balaban J connectivity index is 1.97. The van der Waals surface area contributed by atoms with Crippen LogP contribution in [0.15, 0.2) is 0 Å². The maximum absolute atomic E-state index is 12.5. The van der Waals surface area contributed by atoms with Crippen LogP contribution in [0.5, 0.6) is 0 Å². The molecule has 7 heteroatoms. The average molecular weight is 333 g/mol. The Labute approximate surface area is 136 Å². The first-order chi connectivity index (χ1) is 10.4. The van der Waals surface area contributed by atoms with Crippen molar-refractivity contribution >= 4 is 10.2 Å². The number of hydrogen-bond donors (Lipinski definition) is 1. The quantitative estimate of drug-likeness (QED) is 0.779. The summed E-state index contributed by atoms with van der Waals surface area (Å²) in [6, 6.07) is 0. The molecule has 2 saturated heterocycles. The van der Waals surface area contributed by atoms with Gasteiger partial charge in [0.15, 0.2) is 0 Å². The zero-order valence-electron chi connectivity index (χ0n) is 14.3. The highest BCUT2D eigenvalue weighted by Gasteiger charge is 2.38. The van der Waals surface area contributed by atoms with Gasteiger partial charge in [0.25, 0.3) is 10.2 Å². The molecule has 0 unspecified atom stereocenters. The second-order valence-corrected chi connectivity index (χ2v) is 8.59. The van der Waals surface area contributed by atoms with Gasteiger partial charge in [0.2, 0.25) is 0 Å².